The van der Waals surface area contributed by atoms with Crippen molar-refractivity contribution in [3.05, 3.63) is 0 Å². The molecule has 6 atom stereocenters. The van der Waals surface area contributed by atoms with Crippen LogP contribution in [0.1, 0.15) is 71.1 Å². The minimum Gasteiger partial charge on any atom is -0.395 e. The van der Waals surface area contributed by atoms with Crippen LogP contribution in [0.4, 0.5) is 0 Å². The minimum atomic E-state index is -1.16. The van der Waals surface area contributed by atoms with Crippen LogP contribution in [0.25, 0.3) is 0 Å². The van der Waals surface area contributed by atoms with Gasteiger partial charge in [-0.25, -0.2) is 0 Å². The van der Waals surface area contributed by atoms with Gasteiger partial charge in [0.15, 0.2) is 0 Å². The van der Waals surface area contributed by atoms with Crippen molar-refractivity contribution in [3.8, 4) is 0 Å². The quantitative estimate of drug-likeness (QED) is 0.474. The molecule has 0 aromatic rings. The Hall–Kier alpha value is -0.200. The molecule has 0 bridgehead atoms. The van der Waals surface area contributed by atoms with Gasteiger partial charge in [-0.3, -0.25) is 4.90 Å². The van der Waals surface area contributed by atoms with Crippen LogP contribution in [0.3, 0.4) is 0 Å². The zero-order valence-electron chi connectivity index (χ0n) is 15.9. The van der Waals surface area contributed by atoms with Crippen LogP contribution in [-0.2, 0) is 0 Å². The van der Waals surface area contributed by atoms with E-state index in [0.29, 0.717) is 6.54 Å². The van der Waals surface area contributed by atoms with Gasteiger partial charge in [-0.15, -0.1) is 0 Å². The standard InChI is InChI=1S/C20H39NO4/c1-15-9-6-7-11-16(15)10-5-3-2-4-8-12-21-13-18(23)20(25)19(24)17(21)14-22/h15-20,22-25H,2-14H2,1H3/t15?,16?,17-,18+,19-,20-/m1/s1. The number of hydrogen-bond acceptors (Lipinski definition) is 5. The lowest BCUT2D eigenvalue weighted by Crippen LogP contribution is -2.62. The van der Waals surface area contributed by atoms with Crippen LogP contribution in [0.15, 0.2) is 0 Å². The summed E-state index contributed by atoms with van der Waals surface area (Å²) in [6.45, 7) is 3.30. The summed E-state index contributed by atoms with van der Waals surface area (Å²) in [4.78, 5) is 1.92. The van der Waals surface area contributed by atoms with Crippen LogP contribution >= 0.6 is 0 Å². The van der Waals surface area contributed by atoms with Crippen LogP contribution in [-0.4, -0.2) is 69.4 Å². The zero-order chi connectivity index (χ0) is 18.2. The smallest absolute Gasteiger partial charge is 0.109 e. The van der Waals surface area contributed by atoms with Gasteiger partial charge >= 0.3 is 0 Å². The number of unbranched alkanes of at least 4 members (excludes halogenated alkanes) is 4. The highest BCUT2D eigenvalue weighted by molar-refractivity contribution is 4.94. The molecule has 1 saturated heterocycles. The van der Waals surface area contributed by atoms with E-state index in [-0.39, 0.29) is 6.61 Å². The molecule has 5 heteroatoms. The molecule has 0 spiro atoms. The van der Waals surface area contributed by atoms with Crippen molar-refractivity contribution in [2.75, 3.05) is 19.7 Å². The zero-order valence-corrected chi connectivity index (χ0v) is 15.9. The van der Waals surface area contributed by atoms with Gasteiger partial charge in [-0.1, -0.05) is 64.7 Å². The van der Waals surface area contributed by atoms with Gasteiger partial charge in [0.25, 0.3) is 0 Å². The van der Waals surface area contributed by atoms with Crippen LogP contribution in [0.2, 0.25) is 0 Å². The third kappa shape index (κ3) is 6.17. The monoisotopic (exact) mass is 357 g/mol. The lowest BCUT2D eigenvalue weighted by atomic mass is 9.78. The Kier molecular flexibility index (Phi) is 9.14. The first kappa shape index (κ1) is 21.1. The summed E-state index contributed by atoms with van der Waals surface area (Å²) in [5, 5.41) is 39.0. The predicted molar refractivity (Wildman–Crippen MR) is 99.3 cm³/mol. The first-order chi connectivity index (χ1) is 12.0. The molecular formula is C20H39NO4. The summed E-state index contributed by atoms with van der Waals surface area (Å²) >= 11 is 0. The molecule has 1 heterocycles. The van der Waals surface area contributed by atoms with Gasteiger partial charge in [-0.05, 0) is 24.8 Å². The second-order valence-corrected chi connectivity index (χ2v) is 8.37. The Bertz CT molecular complexity index is 368. The molecule has 0 radical (unpaired) electrons. The van der Waals surface area contributed by atoms with E-state index in [9.17, 15) is 20.4 Å². The van der Waals surface area contributed by atoms with Crippen molar-refractivity contribution >= 4 is 0 Å². The number of likely N-dealkylation sites (tertiary alicyclic amines) is 1. The first-order valence-electron chi connectivity index (χ1n) is 10.4. The van der Waals surface area contributed by atoms with Crippen molar-refractivity contribution in [1.29, 1.82) is 0 Å². The highest BCUT2D eigenvalue weighted by atomic mass is 16.4. The van der Waals surface area contributed by atoms with Gasteiger partial charge in [0.2, 0.25) is 0 Å². The topological polar surface area (TPSA) is 84.2 Å². The molecule has 2 fully saturated rings. The van der Waals surface area contributed by atoms with E-state index >= 15 is 0 Å². The Labute approximate surface area is 153 Å². The largest absolute Gasteiger partial charge is 0.395 e. The minimum absolute atomic E-state index is 0.190. The van der Waals surface area contributed by atoms with Gasteiger partial charge in [0.05, 0.1) is 18.8 Å². The Morgan fingerprint density at radius 3 is 2.28 bits per heavy atom. The lowest BCUT2D eigenvalue weighted by molar-refractivity contribution is -0.145. The van der Waals surface area contributed by atoms with Crippen LogP contribution < -0.4 is 0 Å². The summed E-state index contributed by atoms with van der Waals surface area (Å²) in [5.74, 6) is 1.86. The predicted octanol–water partition coefficient (Wildman–Crippen LogP) is 1.91. The fourth-order valence-corrected chi connectivity index (χ4v) is 4.71. The molecule has 1 saturated carbocycles. The molecule has 0 aromatic carbocycles. The van der Waals surface area contributed by atoms with Gasteiger partial charge in [0, 0.05) is 6.54 Å². The Morgan fingerprint density at radius 1 is 0.880 bits per heavy atom. The summed E-state index contributed by atoms with van der Waals surface area (Å²) in [6.07, 6.45) is 9.90. The number of β-amino-alcohol motifs (C(OH)–C–C–N with tert-alkyl or cyclic N) is 1. The highest BCUT2D eigenvalue weighted by Crippen LogP contribution is 2.33. The first-order valence-corrected chi connectivity index (χ1v) is 10.4. The van der Waals surface area contributed by atoms with Gasteiger partial charge in [-0.2, -0.15) is 0 Å². The number of nitrogens with zero attached hydrogens (tertiary/aromatic N) is 1. The summed E-state index contributed by atoms with van der Waals surface area (Å²) < 4.78 is 0. The molecule has 2 aliphatic rings. The summed E-state index contributed by atoms with van der Waals surface area (Å²) in [7, 11) is 0. The molecule has 148 valence electrons. The maximum Gasteiger partial charge on any atom is 0.109 e. The van der Waals surface area contributed by atoms with Crippen molar-refractivity contribution < 1.29 is 20.4 Å². The second-order valence-electron chi connectivity index (χ2n) is 8.37. The van der Waals surface area contributed by atoms with E-state index in [0.717, 1.165) is 31.2 Å². The van der Waals surface area contributed by atoms with Crippen molar-refractivity contribution in [3.63, 3.8) is 0 Å². The molecule has 5 nitrogen and oxygen atoms in total. The normalized spacial score (nSPS) is 37.3. The number of hydrogen-bond donors (Lipinski definition) is 4. The fraction of sp³-hybridized carbons (Fsp3) is 1.00. The second kappa shape index (κ2) is 10.8. The highest BCUT2D eigenvalue weighted by Gasteiger charge is 2.40. The Balaban J connectivity index is 1.56. The van der Waals surface area contributed by atoms with Crippen LogP contribution in [0.5, 0.6) is 0 Å². The summed E-state index contributed by atoms with van der Waals surface area (Å²) in [5.41, 5.74) is 0. The molecule has 4 N–H and O–H groups in total. The van der Waals surface area contributed by atoms with Gasteiger partial charge < -0.3 is 20.4 Å². The molecular weight excluding hydrogens is 318 g/mol. The molecule has 2 rings (SSSR count). The average Bonchev–Trinajstić information content (AvgIpc) is 2.60. The molecule has 25 heavy (non-hydrogen) atoms. The van der Waals surface area contributed by atoms with Gasteiger partial charge in [0.1, 0.15) is 12.2 Å². The maximum absolute atomic E-state index is 9.98. The Morgan fingerprint density at radius 2 is 1.56 bits per heavy atom. The molecule has 2 unspecified atom stereocenters. The number of piperidine rings is 1. The van der Waals surface area contributed by atoms with Crippen molar-refractivity contribution in [2.45, 2.75) is 95.5 Å². The molecule has 1 aliphatic carbocycles. The molecule has 1 aliphatic heterocycles. The van der Waals surface area contributed by atoms with E-state index in [1.165, 1.54) is 51.4 Å². The third-order valence-corrected chi connectivity index (χ3v) is 6.53. The summed E-state index contributed by atoms with van der Waals surface area (Å²) in [6, 6.07) is -0.466. The number of rotatable bonds is 9. The molecule has 0 aromatic heterocycles. The fourth-order valence-electron chi connectivity index (χ4n) is 4.71. The van der Waals surface area contributed by atoms with Crippen molar-refractivity contribution in [2.24, 2.45) is 11.8 Å². The maximum atomic E-state index is 9.98. The SMILES string of the molecule is CC1CCCCC1CCCCCCCN1C[C@H](O)[C@@H](O)[C@H](O)[C@H]1CO. The third-order valence-electron chi connectivity index (χ3n) is 6.53. The molecule has 0 amide bonds. The van der Waals surface area contributed by atoms with E-state index in [1.54, 1.807) is 0 Å². The lowest BCUT2D eigenvalue weighted by Gasteiger charge is -2.43. The average molecular weight is 358 g/mol. The van der Waals surface area contributed by atoms with E-state index in [1.807, 2.05) is 4.90 Å². The van der Waals surface area contributed by atoms with Crippen molar-refractivity contribution in [1.82, 2.24) is 4.90 Å². The van der Waals surface area contributed by atoms with E-state index in [4.69, 9.17) is 0 Å². The van der Waals surface area contributed by atoms with E-state index < -0.39 is 24.4 Å². The van der Waals surface area contributed by atoms with E-state index in [2.05, 4.69) is 6.92 Å². The van der Waals surface area contributed by atoms with Crippen LogP contribution in [0, 0.1) is 11.8 Å². The number of aliphatic hydroxyl groups excluding tert-OH is 4. The number of aliphatic hydroxyl groups is 4.